The van der Waals surface area contributed by atoms with Crippen molar-refractivity contribution in [1.82, 2.24) is 5.43 Å². The van der Waals surface area contributed by atoms with Crippen molar-refractivity contribution >= 4 is 46.9 Å². The molecule has 2 amide bonds. The summed E-state index contributed by atoms with van der Waals surface area (Å²) in [4.78, 5) is 24.5. The summed E-state index contributed by atoms with van der Waals surface area (Å²) in [5.74, 6) is -0.602. The standard InChI is InChI=1S/C25H23Cl2N3O5/c1-3-34-21-12-5-4-11-20(21)29-24(31)25(32)30-28-14-16-8-6-13-22(33-2)23(16)35-15-17-18(26)9-7-10-19(17)27/h4-14H,3,15H2,1-2H3,(H,29,31)(H,30,32)/b28-14-. The third-order valence-corrected chi connectivity index (χ3v) is 5.37. The lowest BCUT2D eigenvalue weighted by molar-refractivity contribution is -0.136. The quantitative estimate of drug-likeness (QED) is 0.235. The van der Waals surface area contributed by atoms with Gasteiger partial charge in [-0.1, -0.05) is 47.5 Å². The number of ether oxygens (including phenoxy) is 3. The average Bonchev–Trinajstić information content (AvgIpc) is 2.85. The van der Waals surface area contributed by atoms with E-state index in [2.05, 4.69) is 15.8 Å². The number of rotatable bonds is 9. The van der Waals surface area contributed by atoms with Crippen LogP contribution in [0.1, 0.15) is 18.1 Å². The number of amides is 2. The van der Waals surface area contributed by atoms with Gasteiger partial charge in [-0.15, -0.1) is 0 Å². The molecule has 0 aliphatic heterocycles. The number of nitrogens with zero attached hydrogens (tertiary/aromatic N) is 1. The number of hydrogen-bond donors (Lipinski definition) is 2. The van der Waals surface area contributed by atoms with Crippen LogP contribution in [0, 0.1) is 0 Å². The Morgan fingerprint density at radius 1 is 0.914 bits per heavy atom. The maximum Gasteiger partial charge on any atom is 0.329 e. The van der Waals surface area contributed by atoms with Gasteiger partial charge in [-0.05, 0) is 43.3 Å². The largest absolute Gasteiger partial charge is 0.493 e. The third-order valence-electron chi connectivity index (χ3n) is 4.66. The van der Waals surface area contributed by atoms with E-state index in [-0.39, 0.29) is 6.61 Å². The zero-order chi connectivity index (χ0) is 25.2. The number of hydrazone groups is 1. The van der Waals surface area contributed by atoms with Crippen LogP contribution < -0.4 is 25.0 Å². The first kappa shape index (κ1) is 25.9. The fourth-order valence-corrected chi connectivity index (χ4v) is 3.51. The van der Waals surface area contributed by atoms with E-state index >= 15 is 0 Å². The molecule has 0 saturated carbocycles. The van der Waals surface area contributed by atoms with Crippen LogP contribution in [0.2, 0.25) is 10.0 Å². The molecule has 0 bridgehead atoms. The molecule has 35 heavy (non-hydrogen) atoms. The molecule has 0 aliphatic carbocycles. The van der Waals surface area contributed by atoms with Gasteiger partial charge in [0, 0.05) is 21.2 Å². The van der Waals surface area contributed by atoms with Crippen LogP contribution in [0.25, 0.3) is 0 Å². The number of carbonyl (C=O) groups is 2. The zero-order valence-electron chi connectivity index (χ0n) is 19.0. The SMILES string of the molecule is CCOc1ccccc1NC(=O)C(=O)N/N=C\c1cccc(OC)c1OCc1c(Cl)cccc1Cl. The van der Waals surface area contributed by atoms with Crippen LogP contribution in [0.5, 0.6) is 17.2 Å². The van der Waals surface area contributed by atoms with E-state index in [4.69, 9.17) is 37.4 Å². The van der Waals surface area contributed by atoms with Crippen molar-refractivity contribution in [1.29, 1.82) is 0 Å². The summed E-state index contributed by atoms with van der Waals surface area (Å²) in [6, 6.07) is 17.1. The van der Waals surface area contributed by atoms with Crippen molar-refractivity contribution in [2.24, 2.45) is 5.10 Å². The van der Waals surface area contributed by atoms with Crippen molar-refractivity contribution in [2.45, 2.75) is 13.5 Å². The van der Waals surface area contributed by atoms with Crippen molar-refractivity contribution in [3.05, 3.63) is 81.8 Å². The Hall–Kier alpha value is -3.75. The highest BCUT2D eigenvalue weighted by atomic mass is 35.5. The van der Waals surface area contributed by atoms with E-state index < -0.39 is 11.8 Å². The first-order chi connectivity index (χ1) is 16.9. The minimum atomic E-state index is -0.958. The second kappa shape index (κ2) is 12.6. The van der Waals surface area contributed by atoms with Gasteiger partial charge < -0.3 is 19.5 Å². The summed E-state index contributed by atoms with van der Waals surface area (Å²) >= 11 is 12.5. The number of methoxy groups -OCH3 is 1. The zero-order valence-corrected chi connectivity index (χ0v) is 20.5. The molecular weight excluding hydrogens is 493 g/mol. The molecule has 3 aromatic rings. The highest BCUT2D eigenvalue weighted by molar-refractivity contribution is 6.39. The lowest BCUT2D eigenvalue weighted by Gasteiger charge is -2.14. The Balaban J connectivity index is 1.69. The molecule has 0 unspecified atom stereocenters. The Morgan fingerprint density at radius 2 is 1.60 bits per heavy atom. The van der Waals surface area contributed by atoms with Gasteiger partial charge in [0.1, 0.15) is 12.4 Å². The van der Waals surface area contributed by atoms with Crippen LogP contribution >= 0.6 is 23.2 Å². The first-order valence-corrected chi connectivity index (χ1v) is 11.3. The summed E-state index contributed by atoms with van der Waals surface area (Å²) in [6.07, 6.45) is 1.34. The Kier molecular flexibility index (Phi) is 9.34. The monoisotopic (exact) mass is 515 g/mol. The second-order valence-corrected chi connectivity index (χ2v) is 7.76. The van der Waals surface area contributed by atoms with Crippen LogP contribution in [0.15, 0.2) is 65.8 Å². The highest BCUT2D eigenvalue weighted by Gasteiger charge is 2.16. The number of carbonyl (C=O) groups excluding carboxylic acids is 2. The van der Waals surface area contributed by atoms with Crippen molar-refractivity contribution in [3.63, 3.8) is 0 Å². The summed E-state index contributed by atoms with van der Waals surface area (Å²) in [7, 11) is 1.50. The predicted molar refractivity (Wildman–Crippen MR) is 136 cm³/mol. The lowest BCUT2D eigenvalue weighted by atomic mass is 10.2. The van der Waals surface area contributed by atoms with Crippen molar-refractivity contribution in [2.75, 3.05) is 19.0 Å². The lowest BCUT2D eigenvalue weighted by Crippen LogP contribution is -2.32. The van der Waals surface area contributed by atoms with Crippen LogP contribution in [0.3, 0.4) is 0 Å². The Labute approximate surface area is 212 Å². The molecule has 2 N–H and O–H groups in total. The summed E-state index contributed by atoms with van der Waals surface area (Å²) in [6.45, 7) is 2.31. The molecule has 182 valence electrons. The van der Waals surface area contributed by atoms with Gasteiger partial charge in [0.15, 0.2) is 11.5 Å². The van der Waals surface area contributed by atoms with Gasteiger partial charge in [0.05, 0.1) is 25.6 Å². The Morgan fingerprint density at radius 3 is 2.31 bits per heavy atom. The van der Waals surface area contributed by atoms with Crippen LogP contribution in [-0.2, 0) is 16.2 Å². The predicted octanol–water partition coefficient (Wildman–Crippen LogP) is 5.07. The number of hydrogen-bond acceptors (Lipinski definition) is 6. The van der Waals surface area contributed by atoms with E-state index in [1.54, 1.807) is 60.7 Å². The van der Waals surface area contributed by atoms with E-state index in [1.165, 1.54) is 13.3 Å². The summed E-state index contributed by atoms with van der Waals surface area (Å²) in [5.41, 5.74) is 3.68. The molecule has 8 nitrogen and oxygen atoms in total. The molecule has 0 aromatic heterocycles. The fraction of sp³-hybridized carbons (Fsp3) is 0.160. The smallest absolute Gasteiger partial charge is 0.329 e. The van der Waals surface area contributed by atoms with Gasteiger partial charge in [0.2, 0.25) is 0 Å². The molecule has 0 heterocycles. The molecule has 10 heteroatoms. The molecule has 3 aromatic carbocycles. The van der Waals surface area contributed by atoms with E-state index in [9.17, 15) is 9.59 Å². The molecule has 0 fully saturated rings. The first-order valence-electron chi connectivity index (χ1n) is 10.5. The third kappa shape index (κ3) is 6.88. The van der Waals surface area contributed by atoms with Crippen molar-refractivity contribution < 1.29 is 23.8 Å². The van der Waals surface area contributed by atoms with E-state index in [0.29, 0.717) is 50.7 Å². The maximum atomic E-state index is 12.3. The molecule has 0 radical (unpaired) electrons. The average molecular weight is 516 g/mol. The maximum absolute atomic E-state index is 12.3. The van der Waals surface area contributed by atoms with E-state index in [0.717, 1.165) is 0 Å². The summed E-state index contributed by atoms with van der Waals surface area (Å²) < 4.78 is 16.8. The minimum Gasteiger partial charge on any atom is -0.493 e. The molecular formula is C25H23Cl2N3O5. The molecule has 0 atom stereocenters. The molecule has 0 aliphatic rings. The van der Waals surface area contributed by atoms with Gasteiger partial charge in [-0.3, -0.25) is 9.59 Å². The molecule has 0 saturated heterocycles. The Bertz CT molecular complexity index is 1210. The summed E-state index contributed by atoms with van der Waals surface area (Å²) in [5, 5.41) is 7.32. The fourth-order valence-electron chi connectivity index (χ4n) is 3.01. The minimum absolute atomic E-state index is 0.0771. The number of benzene rings is 3. The molecule has 0 spiro atoms. The number of para-hydroxylation sites is 3. The van der Waals surface area contributed by atoms with Crippen LogP contribution in [-0.4, -0.2) is 31.7 Å². The molecule has 3 rings (SSSR count). The van der Waals surface area contributed by atoms with Crippen LogP contribution in [0.4, 0.5) is 5.69 Å². The second-order valence-electron chi connectivity index (χ2n) is 6.95. The van der Waals surface area contributed by atoms with Gasteiger partial charge >= 0.3 is 11.8 Å². The number of nitrogens with one attached hydrogen (secondary N) is 2. The van der Waals surface area contributed by atoms with Gasteiger partial charge in [-0.25, -0.2) is 5.43 Å². The number of halogens is 2. The van der Waals surface area contributed by atoms with Gasteiger partial charge in [-0.2, -0.15) is 5.10 Å². The highest BCUT2D eigenvalue weighted by Crippen LogP contribution is 2.33. The van der Waals surface area contributed by atoms with Gasteiger partial charge in [0.25, 0.3) is 0 Å². The number of anilines is 1. The topological polar surface area (TPSA) is 98.2 Å². The van der Waals surface area contributed by atoms with E-state index in [1.807, 2.05) is 6.92 Å². The normalized spacial score (nSPS) is 10.6. The van der Waals surface area contributed by atoms with Crippen molar-refractivity contribution in [3.8, 4) is 17.2 Å².